The molecule has 0 atom stereocenters. The third-order valence-corrected chi connectivity index (χ3v) is 4.81. The number of ether oxygens (including phenoxy) is 1. The summed E-state index contributed by atoms with van der Waals surface area (Å²) in [6, 6.07) is 10.0. The van der Waals surface area contributed by atoms with E-state index in [-0.39, 0.29) is 11.7 Å². The summed E-state index contributed by atoms with van der Waals surface area (Å²) in [6.07, 6.45) is -4.93. The number of alkyl halides is 3. The summed E-state index contributed by atoms with van der Waals surface area (Å²) in [5.41, 5.74) is 0.0113. The van der Waals surface area contributed by atoms with Crippen molar-refractivity contribution in [2.75, 3.05) is 31.1 Å². The second kappa shape index (κ2) is 8.16. The zero-order valence-corrected chi connectivity index (χ0v) is 17.6. The highest BCUT2D eigenvalue weighted by atomic mass is 19.4. The van der Waals surface area contributed by atoms with E-state index in [4.69, 9.17) is 4.74 Å². The number of carbonyl (C=O) groups excluding carboxylic acids is 1. The predicted molar refractivity (Wildman–Crippen MR) is 109 cm³/mol. The Balaban J connectivity index is 1.86. The molecule has 0 unspecified atom stereocenters. The van der Waals surface area contributed by atoms with Crippen LogP contribution in [0.25, 0.3) is 11.1 Å². The third-order valence-electron chi connectivity index (χ3n) is 4.81. The van der Waals surface area contributed by atoms with Gasteiger partial charge in [-0.3, -0.25) is 0 Å². The lowest BCUT2D eigenvalue weighted by molar-refractivity contribution is -0.140. The first-order chi connectivity index (χ1) is 14.0. The summed E-state index contributed by atoms with van der Waals surface area (Å²) in [7, 11) is 0. The standard InChI is InChI=1S/C22H26F3N3O2/c1-15-18(27-10-12-28(13-11-27)20(29)30-21(2,3)4)14-17(16-8-6-5-7-9-16)19(26-15)22(23,24)25/h5-9,14H,10-13H2,1-4H3. The number of piperazine rings is 1. The number of pyridine rings is 1. The number of hydrogen-bond acceptors (Lipinski definition) is 4. The first kappa shape index (κ1) is 21.9. The minimum Gasteiger partial charge on any atom is -0.444 e. The lowest BCUT2D eigenvalue weighted by Gasteiger charge is -2.37. The van der Waals surface area contributed by atoms with E-state index in [0.717, 1.165) is 0 Å². The van der Waals surface area contributed by atoms with Gasteiger partial charge >= 0.3 is 12.3 Å². The van der Waals surface area contributed by atoms with Crippen LogP contribution in [0.5, 0.6) is 0 Å². The molecule has 162 valence electrons. The van der Waals surface area contributed by atoms with Crippen LogP contribution in [-0.2, 0) is 10.9 Å². The SMILES string of the molecule is Cc1nc(C(F)(F)F)c(-c2ccccc2)cc1N1CCN(C(=O)OC(C)(C)C)CC1. The lowest BCUT2D eigenvalue weighted by atomic mass is 10.0. The van der Waals surface area contributed by atoms with Crippen molar-refractivity contribution in [3.8, 4) is 11.1 Å². The molecule has 1 aliphatic heterocycles. The van der Waals surface area contributed by atoms with Gasteiger partial charge in [0.15, 0.2) is 5.69 Å². The highest BCUT2D eigenvalue weighted by molar-refractivity contribution is 5.73. The van der Waals surface area contributed by atoms with E-state index >= 15 is 0 Å². The van der Waals surface area contributed by atoms with Crippen molar-refractivity contribution in [1.82, 2.24) is 9.88 Å². The average molecular weight is 421 g/mol. The summed E-state index contributed by atoms with van der Waals surface area (Å²) in [5, 5.41) is 0. The minimum absolute atomic E-state index is 0.0540. The summed E-state index contributed by atoms with van der Waals surface area (Å²) < 4.78 is 46.3. The summed E-state index contributed by atoms with van der Waals surface area (Å²) in [5.74, 6) is 0. The summed E-state index contributed by atoms with van der Waals surface area (Å²) in [4.78, 5) is 19.8. The molecule has 1 fully saturated rings. The molecule has 1 amide bonds. The molecule has 5 nitrogen and oxygen atoms in total. The maximum atomic E-state index is 13.6. The van der Waals surface area contributed by atoms with Crippen LogP contribution in [0.2, 0.25) is 0 Å². The van der Waals surface area contributed by atoms with Gasteiger partial charge in [0.1, 0.15) is 5.60 Å². The molecule has 1 aliphatic rings. The number of anilines is 1. The number of rotatable bonds is 2. The number of amides is 1. The van der Waals surface area contributed by atoms with E-state index in [1.165, 1.54) is 0 Å². The van der Waals surface area contributed by atoms with Crippen LogP contribution in [-0.4, -0.2) is 47.8 Å². The highest BCUT2D eigenvalue weighted by Crippen LogP contribution is 2.38. The molecular weight excluding hydrogens is 395 g/mol. The number of hydrogen-bond donors (Lipinski definition) is 0. The van der Waals surface area contributed by atoms with E-state index in [2.05, 4.69) is 4.98 Å². The second-order valence-corrected chi connectivity index (χ2v) is 8.31. The molecule has 0 bridgehead atoms. The highest BCUT2D eigenvalue weighted by Gasteiger charge is 2.37. The number of benzene rings is 1. The predicted octanol–water partition coefficient (Wildman–Crippen LogP) is 5.13. The zero-order valence-electron chi connectivity index (χ0n) is 17.6. The summed E-state index contributed by atoms with van der Waals surface area (Å²) >= 11 is 0. The third kappa shape index (κ3) is 5.04. The van der Waals surface area contributed by atoms with Crippen molar-refractivity contribution in [3.63, 3.8) is 0 Å². The van der Waals surface area contributed by atoms with Crippen molar-refractivity contribution in [2.24, 2.45) is 0 Å². The van der Waals surface area contributed by atoms with Gasteiger partial charge in [-0.2, -0.15) is 13.2 Å². The van der Waals surface area contributed by atoms with Gasteiger partial charge in [-0.1, -0.05) is 30.3 Å². The van der Waals surface area contributed by atoms with Gasteiger partial charge in [-0.25, -0.2) is 9.78 Å². The molecule has 1 saturated heterocycles. The topological polar surface area (TPSA) is 45.7 Å². The molecule has 1 aromatic carbocycles. The van der Waals surface area contributed by atoms with Gasteiger partial charge < -0.3 is 14.5 Å². The first-order valence-corrected chi connectivity index (χ1v) is 9.83. The Hall–Kier alpha value is -2.77. The molecule has 0 aliphatic carbocycles. The molecule has 0 radical (unpaired) electrons. The van der Waals surface area contributed by atoms with Gasteiger partial charge in [0.25, 0.3) is 0 Å². The lowest BCUT2D eigenvalue weighted by Crippen LogP contribution is -2.50. The van der Waals surface area contributed by atoms with Crippen LogP contribution in [0, 0.1) is 6.92 Å². The maximum Gasteiger partial charge on any atom is 0.433 e. The van der Waals surface area contributed by atoms with Crippen molar-refractivity contribution < 1.29 is 22.7 Å². The quantitative estimate of drug-likeness (QED) is 0.674. The Kier molecular flexibility index (Phi) is 5.97. The van der Waals surface area contributed by atoms with Gasteiger partial charge in [0.05, 0.1) is 11.4 Å². The van der Waals surface area contributed by atoms with Crippen LogP contribution in [0.1, 0.15) is 32.2 Å². The monoisotopic (exact) mass is 421 g/mol. The number of aromatic nitrogens is 1. The molecule has 1 aromatic heterocycles. The van der Waals surface area contributed by atoms with E-state index in [0.29, 0.717) is 43.1 Å². The molecule has 8 heteroatoms. The second-order valence-electron chi connectivity index (χ2n) is 8.31. The largest absolute Gasteiger partial charge is 0.444 e. The van der Waals surface area contributed by atoms with Crippen molar-refractivity contribution in [2.45, 2.75) is 39.5 Å². The van der Waals surface area contributed by atoms with Crippen LogP contribution in [0.4, 0.5) is 23.7 Å². The zero-order chi connectivity index (χ0) is 22.1. The van der Waals surface area contributed by atoms with E-state index in [1.54, 1.807) is 48.2 Å². The van der Waals surface area contributed by atoms with Gasteiger partial charge in [0, 0.05) is 31.7 Å². The van der Waals surface area contributed by atoms with Crippen LogP contribution < -0.4 is 4.90 Å². The molecule has 0 N–H and O–H groups in total. The number of aryl methyl sites for hydroxylation is 1. The fraction of sp³-hybridized carbons (Fsp3) is 0.455. The first-order valence-electron chi connectivity index (χ1n) is 9.83. The Labute approximate surface area is 174 Å². The van der Waals surface area contributed by atoms with Gasteiger partial charge in [0.2, 0.25) is 0 Å². The Bertz CT molecular complexity index is 900. The Morgan fingerprint density at radius 1 is 1.03 bits per heavy atom. The Morgan fingerprint density at radius 2 is 1.63 bits per heavy atom. The van der Waals surface area contributed by atoms with Crippen LogP contribution >= 0.6 is 0 Å². The number of nitrogens with zero attached hydrogens (tertiary/aromatic N) is 3. The fourth-order valence-corrected chi connectivity index (χ4v) is 3.43. The summed E-state index contributed by atoms with van der Waals surface area (Å²) in [6.45, 7) is 8.84. The van der Waals surface area contributed by atoms with Crippen molar-refractivity contribution in [1.29, 1.82) is 0 Å². The number of carbonyl (C=O) groups is 1. The molecular formula is C22H26F3N3O2. The molecule has 0 spiro atoms. The van der Waals surface area contributed by atoms with Crippen LogP contribution in [0.15, 0.2) is 36.4 Å². The fourth-order valence-electron chi connectivity index (χ4n) is 3.43. The smallest absolute Gasteiger partial charge is 0.433 e. The van der Waals surface area contributed by atoms with Crippen molar-refractivity contribution in [3.05, 3.63) is 47.8 Å². The Morgan fingerprint density at radius 3 is 2.17 bits per heavy atom. The number of halogens is 3. The molecule has 30 heavy (non-hydrogen) atoms. The van der Waals surface area contributed by atoms with E-state index < -0.39 is 17.5 Å². The maximum absolute atomic E-state index is 13.6. The molecule has 3 rings (SSSR count). The van der Waals surface area contributed by atoms with E-state index in [1.807, 2.05) is 25.7 Å². The van der Waals surface area contributed by atoms with E-state index in [9.17, 15) is 18.0 Å². The minimum atomic E-state index is -4.55. The average Bonchev–Trinajstić information content (AvgIpc) is 2.66. The molecule has 2 aromatic rings. The molecule has 2 heterocycles. The van der Waals surface area contributed by atoms with Crippen LogP contribution in [0.3, 0.4) is 0 Å². The van der Waals surface area contributed by atoms with Gasteiger partial charge in [-0.05, 0) is 39.3 Å². The normalized spacial score (nSPS) is 15.3. The van der Waals surface area contributed by atoms with Crippen molar-refractivity contribution >= 4 is 11.8 Å². The molecule has 0 saturated carbocycles. The van der Waals surface area contributed by atoms with Gasteiger partial charge in [-0.15, -0.1) is 0 Å².